The fraction of sp³-hybridized carbons (Fsp3) is 0.0714. The van der Waals surface area contributed by atoms with Gasteiger partial charge in [0.1, 0.15) is 5.82 Å². The predicted octanol–water partition coefficient (Wildman–Crippen LogP) is 2.81. The molecule has 102 valence electrons. The Bertz CT molecular complexity index is 778. The Hall–Kier alpha value is -2.39. The fourth-order valence-corrected chi connectivity index (χ4v) is 2.64. The van der Waals surface area contributed by atoms with Gasteiger partial charge in [-0.25, -0.2) is 12.8 Å². The number of rotatable bonds is 3. The number of benzene rings is 2. The van der Waals surface area contributed by atoms with Crippen LogP contribution in [0.4, 0.5) is 10.1 Å². The van der Waals surface area contributed by atoms with Crippen LogP contribution in [0.15, 0.2) is 47.4 Å². The molecule has 0 saturated heterocycles. The van der Waals surface area contributed by atoms with Crippen molar-refractivity contribution < 1.29 is 12.8 Å². The number of nitriles is 1. The van der Waals surface area contributed by atoms with Crippen LogP contribution in [0.2, 0.25) is 0 Å². The SMILES string of the molecule is Cc1ccc(S(=O)(=O)Nc2ccc(C#N)cc2)cc1F. The summed E-state index contributed by atoms with van der Waals surface area (Å²) < 4.78 is 39.9. The van der Waals surface area contributed by atoms with Crippen LogP contribution in [0, 0.1) is 24.1 Å². The van der Waals surface area contributed by atoms with Crippen LogP contribution in [-0.4, -0.2) is 8.42 Å². The molecule has 0 atom stereocenters. The Kier molecular flexibility index (Phi) is 3.72. The van der Waals surface area contributed by atoms with Crippen molar-refractivity contribution in [3.63, 3.8) is 0 Å². The average molecular weight is 290 g/mol. The summed E-state index contributed by atoms with van der Waals surface area (Å²) in [5, 5.41) is 8.67. The molecule has 0 amide bonds. The van der Waals surface area contributed by atoms with E-state index in [0.717, 1.165) is 6.07 Å². The van der Waals surface area contributed by atoms with Gasteiger partial charge in [-0.3, -0.25) is 4.72 Å². The van der Waals surface area contributed by atoms with Crippen molar-refractivity contribution in [3.8, 4) is 6.07 Å². The molecule has 20 heavy (non-hydrogen) atoms. The number of hydrogen-bond acceptors (Lipinski definition) is 3. The van der Waals surface area contributed by atoms with E-state index in [1.165, 1.54) is 36.4 Å². The Balaban J connectivity index is 2.30. The van der Waals surface area contributed by atoms with Gasteiger partial charge in [0.2, 0.25) is 0 Å². The van der Waals surface area contributed by atoms with Crippen molar-refractivity contribution in [2.45, 2.75) is 11.8 Å². The number of aryl methyl sites for hydroxylation is 1. The minimum Gasteiger partial charge on any atom is -0.280 e. The maximum atomic E-state index is 13.4. The summed E-state index contributed by atoms with van der Waals surface area (Å²) >= 11 is 0. The lowest BCUT2D eigenvalue weighted by atomic mass is 10.2. The molecule has 0 radical (unpaired) electrons. The van der Waals surface area contributed by atoms with Gasteiger partial charge in [-0.05, 0) is 48.9 Å². The molecule has 0 bridgehead atoms. The second-order valence-corrected chi connectivity index (χ2v) is 5.89. The third kappa shape index (κ3) is 2.95. The third-order valence-corrected chi connectivity index (χ3v) is 4.10. The summed E-state index contributed by atoms with van der Waals surface area (Å²) in [4.78, 5) is -0.148. The van der Waals surface area contributed by atoms with E-state index in [1.54, 1.807) is 6.92 Å². The van der Waals surface area contributed by atoms with Gasteiger partial charge in [0.05, 0.1) is 16.5 Å². The van der Waals surface area contributed by atoms with Crippen molar-refractivity contribution in [1.29, 1.82) is 5.26 Å². The Morgan fingerprint density at radius 2 is 1.80 bits per heavy atom. The van der Waals surface area contributed by atoms with Gasteiger partial charge in [0.15, 0.2) is 0 Å². The van der Waals surface area contributed by atoms with E-state index >= 15 is 0 Å². The van der Waals surface area contributed by atoms with E-state index < -0.39 is 15.8 Å². The van der Waals surface area contributed by atoms with Gasteiger partial charge in [0, 0.05) is 5.69 Å². The van der Waals surface area contributed by atoms with Crippen LogP contribution in [0.25, 0.3) is 0 Å². The highest BCUT2D eigenvalue weighted by molar-refractivity contribution is 7.92. The van der Waals surface area contributed by atoms with E-state index in [2.05, 4.69) is 4.72 Å². The molecule has 6 heteroatoms. The van der Waals surface area contributed by atoms with Gasteiger partial charge < -0.3 is 0 Å². The van der Waals surface area contributed by atoms with Crippen molar-refractivity contribution in [3.05, 3.63) is 59.4 Å². The van der Waals surface area contributed by atoms with E-state index in [4.69, 9.17) is 5.26 Å². The number of nitrogens with one attached hydrogen (secondary N) is 1. The zero-order valence-electron chi connectivity index (χ0n) is 10.6. The van der Waals surface area contributed by atoms with Gasteiger partial charge in [-0.2, -0.15) is 5.26 Å². The summed E-state index contributed by atoms with van der Waals surface area (Å²) in [5.41, 5.74) is 1.11. The van der Waals surface area contributed by atoms with Crippen molar-refractivity contribution in [2.24, 2.45) is 0 Å². The largest absolute Gasteiger partial charge is 0.280 e. The molecule has 2 rings (SSSR count). The van der Waals surface area contributed by atoms with E-state index in [9.17, 15) is 12.8 Å². The third-order valence-electron chi connectivity index (χ3n) is 2.72. The molecule has 0 spiro atoms. The highest BCUT2D eigenvalue weighted by atomic mass is 32.2. The smallest absolute Gasteiger partial charge is 0.261 e. The summed E-state index contributed by atoms with van der Waals surface area (Å²) in [5.74, 6) is -0.576. The highest BCUT2D eigenvalue weighted by Crippen LogP contribution is 2.18. The second-order valence-electron chi connectivity index (χ2n) is 4.21. The monoisotopic (exact) mass is 290 g/mol. The highest BCUT2D eigenvalue weighted by Gasteiger charge is 2.15. The second kappa shape index (κ2) is 5.31. The zero-order valence-corrected chi connectivity index (χ0v) is 11.4. The predicted molar refractivity (Wildman–Crippen MR) is 73.1 cm³/mol. The van der Waals surface area contributed by atoms with E-state index in [-0.39, 0.29) is 4.90 Å². The molecule has 2 aromatic carbocycles. The molecule has 0 fully saturated rings. The lowest BCUT2D eigenvalue weighted by Crippen LogP contribution is -2.13. The maximum Gasteiger partial charge on any atom is 0.261 e. The Morgan fingerprint density at radius 1 is 1.15 bits per heavy atom. The summed E-state index contributed by atoms with van der Waals surface area (Å²) in [7, 11) is -3.85. The molecule has 0 aromatic heterocycles. The first-order chi connectivity index (χ1) is 9.42. The Morgan fingerprint density at radius 3 is 2.35 bits per heavy atom. The molecule has 4 nitrogen and oxygen atoms in total. The zero-order chi connectivity index (χ0) is 14.8. The molecule has 0 saturated carbocycles. The van der Waals surface area contributed by atoms with Gasteiger partial charge in [-0.15, -0.1) is 0 Å². The summed E-state index contributed by atoms with van der Waals surface area (Å²) in [6, 6.07) is 11.6. The summed E-state index contributed by atoms with van der Waals surface area (Å²) in [6.45, 7) is 1.56. The first kappa shape index (κ1) is 14.0. The van der Waals surface area contributed by atoms with Crippen LogP contribution in [-0.2, 0) is 10.0 Å². The van der Waals surface area contributed by atoms with Gasteiger partial charge in [0.25, 0.3) is 10.0 Å². The first-order valence-electron chi connectivity index (χ1n) is 5.71. The minimum absolute atomic E-state index is 0.148. The number of nitrogens with zero attached hydrogens (tertiary/aromatic N) is 1. The topological polar surface area (TPSA) is 70.0 Å². The molecule has 0 aliphatic heterocycles. The summed E-state index contributed by atoms with van der Waals surface area (Å²) in [6.07, 6.45) is 0. The fourth-order valence-electron chi connectivity index (χ4n) is 1.57. The van der Waals surface area contributed by atoms with Crippen LogP contribution in [0.5, 0.6) is 0 Å². The molecular formula is C14H11FN2O2S. The van der Waals surface area contributed by atoms with E-state index in [0.29, 0.717) is 16.8 Å². The van der Waals surface area contributed by atoms with Crippen LogP contribution in [0.3, 0.4) is 0 Å². The number of halogens is 1. The molecule has 2 aromatic rings. The standard InChI is InChI=1S/C14H11FN2O2S/c1-10-2-7-13(8-14(10)15)20(18,19)17-12-5-3-11(9-16)4-6-12/h2-8,17H,1H3. The number of anilines is 1. The lowest BCUT2D eigenvalue weighted by Gasteiger charge is -2.08. The Labute approximate surface area is 116 Å². The molecule has 0 unspecified atom stereocenters. The number of sulfonamides is 1. The molecule has 0 aliphatic rings. The van der Waals surface area contributed by atoms with Crippen molar-refractivity contribution in [1.82, 2.24) is 0 Å². The van der Waals surface area contributed by atoms with Gasteiger partial charge in [-0.1, -0.05) is 6.07 Å². The maximum absolute atomic E-state index is 13.4. The first-order valence-corrected chi connectivity index (χ1v) is 7.20. The van der Waals surface area contributed by atoms with Gasteiger partial charge >= 0.3 is 0 Å². The van der Waals surface area contributed by atoms with Crippen molar-refractivity contribution >= 4 is 15.7 Å². The minimum atomic E-state index is -3.85. The molecule has 0 heterocycles. The normalized spacial score (nSPS) is 10.8. The quantitative estimate of drug-likeness (QED) is 0.945. The molecular weight excluding hydrogens is 279 g/mol. The molecule has 1 N–H and O–H groups in total. The van der Waals surface area contributed by atoms with Crippen LogP contribution >= 0.6 is 0 Å². The average Bonchev–Trinajstić information content (AvgIpc) is 2.42. The van der Waals surface area contributed by atoms with Crippen LogP contribution < -0.4 is 4.72 Å². The van der Waals surface area contributed by atoms with E-state index in [1.807, 2.05) is 6.07 Å². The van der Waals surface area contributed by atoms with Crippen molar-refractivity contribution in [2.75, 3.05) is 4.72 Å². The van der Waals surface area contributed by atoms with Crippen LogP contribution in [0.1, 0.15) is 11.1 Å². The molecule has 0 aliphatic carbocycles. The lowest BCUT2D eigenvalue weighted by molar-refractivity contribution is 0.593. The number of hydrogen-bond donors (Lipinski definition) is 1.